The number of esters is 1. The van der Waals surface area contributed by atoms with Crippen LogP contribution < -0.4 is 5.32 Å². The van der Waals surface area contributed by atoms with Gasteiger partial charge in [0.2, 0.25) is 0 Å². The Morgan fingerprint density at radius 3 is 2.55 bits per heavy atom. The van der Waals surface area contributed by atoms with Gasteiger partial charge in [-0.25, -0.2) is 0 Å². The number of hydrogen-bond acceptors (Lipinski definition) is 4. The normalized spacial score (nSPS) is 10.9. The molecule has 20 heavy (non-hydrogen) atoms. The fourth-order valence-electron chi connectivity index (χ4n) is 2.02. The first-order valence-electron chi connectivity index (χ1n) is 6.55. The highest BCUT2D eigenvalue weighted by Crippen LogP contribution is 2.27. The van der Waals surface area contributed by atoms with Crippen LogP contribution in [0, 0.1) is 10.1 Å². The van der Waals surface area contributed by atoms with Crippen molar-refractivity contribution in [1.29, 1.82) is 0 Å². The van der Waals surface area contributed by atoms with Crippen LogP contribution in [-0.4, -0.2) is 30.5 Å². The Bertz CT molecular complexity index is 535. The largest absolute Gasteiger partial charge is 0.469 e. The molecule has 0 saturated carbocycles. The van der Waals surface area contributed by atoms with E-state index in [0.29, 0.717) is 23.0 Å². The summed E-state index contributed by atoms with van der Waals surface area (Å²) < 4.78 is 5.22. The molecule has 0 aromatic carbocycles. The van der Waals surface area contributed by atoms with E-state index in [2.05, 4.69) is 10.3 Å². The number of carbonyl (C=O) groups is 2. The van der Waals surface area contributed by atoms with Crippen LogP contribution in [0.15, 0.2) is 18.3 Å². The van der Waals surface area contributed by atoms with Crippen molar-refractivity contribution in [3.63, 3.8) is 0 Å². The number of rotatable bonds is 6. The van der Waals surface area contributed by atoms with Crippen molar-refractivity contribution in [3.8, 4) is 0 Å². The fraction of sp³-hybridized carbons (Fsp3) is 0.500. The van der Waals surface area contributed by atoms with Gasteiger partial charge in [0.1, 0.15) is 4.64 Å². The number of aromatic nitrogens is 1. The minimum absolute atomic E-state index is 0.231. The molecule has 6 heteroatoms. The van der Waals surface area contributed by atoms with Crippen LogP contribution in [0.5, 0.6) is 0 Å². The smallest absolute Gasteiger partial charge is 0.313 e. The highest BCUT2D eigenvalue weighted by atomic mass is 32.1. The van der Waals surface area contributed by atoms with Crippen LogP contribution >= 0.6 is 12.2 Å². The standard InChI is InChI=1S/C14H20N2O3S/c1-4-14(5-2,13(18)19-3)9-16-11(17)10-7-6-8-15-12(10)20/h6-8H,4-5,9H2,1-3H3,(H,15,20)(H,16,17). The average molecular weight is 296 g/mol. The molecule has 1 amide bonds. The summed E-state index contributed by atoms with van der Waals surface area (Å²) in [6.45, 7) is 4.04. The molecule has 0 fully saturated rings. The number of carbonyl (C=O) groups excluding carboxylic acids is 2. The molecule has 0 aliphatic heterocycles. The maximum absolute atomic E-state index is 12.1. The lowest BCUT2D eigenvalue weighted by Crippen LogP contribution is -2.43. The first-order chi connectivity index (χ1) is 9.50. The lowest BCUT2D eigenvalue weighted by atomic mass is 9.82. The average Bonchev–Trinajstić information content (AvgIpc) is 2.48. The van der Waals surface area contributed by atoms with Gasteiger partial charge < -0.3 is 15.0 Å². The first kappa shape index (κ1) is 16.4. The summed E-state index contributed by atoms with van der Waals surface area (Å²) in [5, 5.41) is 2.77. The quantitative estimate of drug-likeness (QED) is 0.625. The van der Waals surface area contributed by atoms with Gasteiger partial charge in [-0.15, -0.1) is 0 Å². The van der Waals surface area contributed by atoms with Crippen molar-refractivity contribution >= 4 is 24.1 Å². The predicted molar refractivity (Wildman–Crippen MR) is 79.0 cm³/mol. The van der Waals surface area contributed by atoms with Crippen molar-refractivity contribution in [3.05, 3.63) is 28.5 Å². The predicted octanol–water partition coefficient (Wildman–Crippen LogP) is 2.45. The van der Waals surface area contributed by atoms with Crippen molar-refractivity contribution < 1.29 is 14.3 Å². The van der Waals surface area contributed by atoms with Gasteiger partial charge in [-0.05, 0) is 25.0 Å². The molecular formula is C14H20N2O3S. The number of ether oxygens (including phenoxy) is 1. The van der Waals surface area contributed by atoms with E-state index >= 15 is 0 Å². The summed E-state index contributed by atoms with van der Waals surface area (Å²) in [4.78, 5) is 26.8. The van der Waals surface area contributed by atoms with Crippen molar-refractivity contribution in [2.45, 2.75) is 26.7 Å². The second-order valence-electron chi connectivity index (χ2n) is 4.57. The van der Waals surface area contributed by atoms with Crippen LogP contribution in [0.3, 0.4) is 0 Å². The van der Waals surface area contributed by atoms with Gasteiger partial charge in [-0.1, -0.05) is 26.1 Å². The van der Waals surface area contributed by atoms with Gasteiger partial charge in [-0.3, -0.25) is 9.59 Å². The Kier molecular flexibility index (Phi) is 5.88. The Balaban J connectivity index is 2.84. The molecule has 0 atom stereocenters. The lowest BCUT2D eigenvalue weighted by Gasteiger charge is -2.28. The third-order valence-electron chi connectivity index (χ3n) is 3.62. The molecule has 0 aliphatic rings. The Morgan fingerprint density at radius 2 is 2.05 bits per heavy atom. The Hall–Kier alpha value is -1.69. The van der Waals surface area contributed by atoms with Crippen molar-refractivity contribution in [2.24, 2.45) is 5.41 Å². The Morgan fingerprint density at radius 1 is 1.40 bits per heavy atom. The third kappa shape index (κ3) is 3.45. The molecule has 110 valence electrons. The summed E-state index contributed by atoms with van der Waals surface area (Å²) in [5.74, 6) is -0.594. The topological polar surface area (TPSA) is 71.2 Å². The summed E-state index contributed by atoms with van der Waals surface area (Å²) in [6.07, 6.45) is 2.85. The minimum Gasteiger partial charge on any atom is -0.469 e. The summed E-state index contributed by atoms with van der Waals surface area (Å²) >= 11 is 5.06. The molecule has 0 unspecified atom stereocenters. The van der Waals surface area contributed by atoms with E-state index in [-0.39, 0.29) is 18.4 Å². The van der Waals surface area contributed by atoms with Gasteiger partial charge in [0.25, 0.3) is 5.91 Å². The number of hydrogen-bond donors (Lipinski definition) is 2. The van der Waals surface area contributed by atoms with E-state index in [1.165, 1.54) is 7.11 Å². The SMILES string of the molecule is CCC(CC)(CNC(=O)c1ccc[nH]c1=S)C(=O)OC. The third-order valence-corrected chi connectivity index (χ3v) is 3.96. The van der Waals surface area contributed by atoms with Gasteiger partial charge >= 0.3 is 5.97 Å². The van der Waals surface area contributed by atoms with Crippen molar-refractivity contribution in [1.82, 2.24) is 10.3 Å². The summed E-state index contributed by atoms with van der Waals surface area (Å²) in [5.41, 5.74) is -0.293. The van der Waals surface area contributed by atoms with Crippen LogP contribution in [-0.2, 0) is 9.53 Å². The van der Waals surface area contributed by atoms with Crippen LogP contribution in [0.4, 0.5) is 0 Å². The number of methoxy groups -OCH3 is 1. The molecule has 0 bridgehead atoms. The second-order valence-corrected chi connectivity index (χ2v) is 4.98. The molecular weight excluding hydrogens is 276 g/mol. The zero-order valence-corrected chi connectivity index (χ0v) is 12.8. The number of pyridine rings is 1. The Labute approximate surface area is 123 Å². The second kappa shape index (κ2) is 7.19. The minimum atomic E-state index is -0.690. The molecule has 0 spiro atoms. The number of amides is 1. The lowest BCUT2D eigenvalue weighted by molar-refractivity contribution is -0.152. The van der Waals surface area contributed by atoms with Gasteiger partial charge in [0, 0.05) is 12.7 Å². The molecule has 2 N–H and O–H groups in total. The molecule has 1 rings (SSSR count). The van der Waals surface area contributed by atoms with Crippen LogP contribution in [0.25, 0.3) is 0 Å². The highest BCUT2D eigenvalue weighted by molar-refractivity contribution is 7.71. The maximum Gasteiger partial charge on any atom is 0.313 e. The number of aromatic amines is 1. The fourth-order valence-corrected chi connectivity index (χ4v) is 2.25. The van der Waals surface area contributed by atoms with Gasteiger partial charge in [0.15, 0.2) is 0 Å². The van der Waals surface area contributed by atoms with E-state index in [4.69, 9.17) is 17.0 Å². The number of nitrogens with one attached hydrogen (secondary N) is 2. The molecule has 1 heterocycles. The molecule has 0 aliphatic carbocycles. The van der Waals surface area contributed by atoms with E-state index in [9.17, 15) is 9.59 Å². The highest BCUT2D eigenvalue weighted by Gasteiger charge is 2.36. The van der Waals surface area contributed by atoms with E-state index in [1.54, 1.807) is 18.3 Å². The van der Waals surface area contributed by atoms with E-state index in [0.717, 1.165) is 0 Å². The maximum atomic E-state index is 12.1. The van der Waals surface area contributed by atoms with Crippen molar-refractivity contribution in [2.75, 3.05) is 13.7 Å². The molecule has 0 saturated heterocycles. The number of H-pyrrole nitrogens is 1. The summed E-state index contributed by atoms with van der Waals surface area (Å²) in [6, 6.07) is 3.35. The molecule has 1 aromatic rings. The monoisotopic (exact) mass is 296 g/mol. The van der Waals surface area contributed by atoms with Gasteiger partial charge in [0.05, 0.1) is 18.1 Å². The van der Waals surface area contributed by atoms with E-state index in [1.807, 2.05) is 13.8 Å². The van der Waals surface area contributed by atoms with E-state index < -0.39 is 5.41 Å². The molecule has 5 nitrogen and oxygen atoms in total. The van der Waals surface area contributed by atoms with Crippen LogP contribution in [0.1, 0.15) is 37.0 Å². The molecule has 1 aromatic heterocycles. The zero-order valence-electron chi connectivity index (χ0n) is 12.0. The van der Waals surface area contributed by atoms with Gasteiger partial charge in [-0.2, -0.15) is 0 Å². The first-order valence-corrected chi connectivity index (χ1v) is 6.96. The zero-order chi connectivity index (χ0) is 15.2. The van der Waals surface area contributed by atoms with Crippen LogP contribution in [0.2, 0.25) is 0 Å². The molecule has 0 radical (unpaired) electrons. The summed E-state index contributed by atoms with van der Waals surface area (Å²) in [7, 11) is 1.36.